The van der Waals surface area contributed by atoms with Crippen LogP contribution in [0.4, 0.5) is 22.7 Å². The van der Waals surface area contributed by atoms with Crippen molar-refractivity contribution in [3.63, 3.8) is 0 Å². The minimum atomic E-state index is -4.29. The zero-order valence-corrected chi connectivity index (χ0v) is 26.6. The van der Waals surface area contributed by atoms with Crippen LogP contribution < -0.4 is 16.4 Å². The fourth-order valence-electron chi connectivity index (χ4n) is 4.66. The summed E-state index contributed by atoms with van der Waals surface area (Å²) in [5.74, 6) is -0.631. The monoisotopic (exact) mass is 682 g/mol. The number of nitrogens with two attached hydrogens (primary N) is 1. The third kappa shape index (κ3) is 5.46. The van der Waals surface area contributed by atoms with Crippen molar-refractivity contribution in [1.82, 2.24) is 0 Å². The number of hydrogen-bond donors (Lipinski definition) is 3. The van der Waals surface area contributed by atoms with E-state index in [0.29, 0.717) is 31.7 Å². The number of halogens is 4. The standard InChI is InChI=1S/C28H22Cl4N4O4S2/c1-15(37)34-18-4-8-26(22(30)12-18)42(41,25-7-3-17(33)11-21(25)29,28-10-6-20(36(39)40)14-24(28)32)27-9-5-19(13-23(27)31)35-16(2)38/h3-14H,33H2,1-2H3,(H,34,37)(H,35,38). The fraction of sp³-hybridized carbons (Fsp3) is 0.0714. The summed E-state index contributed by atoms with van der Waals surface area (Å²) in [7, 11) is -4.29. The van der Waals surface area contributed by atoms with Crippen LogP contribution in [0.25, 0.3) is 0 Å². The third-order valence-corrected chi connectivity index (χ3v) is 14.9. The Morgan fingerprint density at radius 2 is 1.10 bits per heavy atom. The summed E-state index contributed by atoms with van der Waals surface area (Å²) in [6.07, 6.45) is 0. The first-order valence-electron chi connectivity index (χ1n) is 12.0. The summed E-state index contributed by atoms with van der Waals surface area (Å²) in [4.78, 5) is 36.0. The lowest BCUT2D eigenvalue weighted by atomic mass is 10.3. The van der Waals surface area contributed by atoms with Crippen LogP contribution >= 0.6 is 46.4 Å². The van der Waals surface area contributed by atoms with E-state index in [0.717, 1.165) is 0 Å². The second-order valence-corrected chi connectivity index (χ2v) is 16.4. The maximum Gasteiger partial charge on any atom is 0.270 e. The molecule has 0 bridgehead atoms. The highest BCUT2D eigenvalue weighted by Crippen LogP contribution is 2.63. The first kappa shape index (κ1) is 31.7. The number of rotatable bonds is 7. The molecule has 0 aliphatic carbocycles. The number of nitro groups is 1. The quantitative estimate of drug-likeness (QED) is 0.102. The van der Waals surface area contributed by atoms with Crippen LogP contribution in [0.5, 0.6) is 0 Å². The van der Waals surface area contributed by atoms with Crippen molar-refractivity contribution < 1.29 is 14.5 Å². The maximum absolute atomic E-state index is 11.8. The first-order valence-corrected chi connectivity index (χ1v) is 16.5. The molecule has 0 saturated carbocycles. The molecule has 0 aromatic heterocycles. The van der Waals surface area contributed by atoms with Crippen LogP contribution in [0, 0.1) is 10.1 Å². The van der Waals surface area contributed by atoms with Crippen molar-refractivity contribution in [2.75, 3.05) is 16.4 Å². The molecule has 0 unspecified atom stereocenters. The molecule has 4 aromatic carbocycles. The second kappa shape index (κ2) is 11.8. The molecule has 4 N–H and O–H groups in total. The Morgan fingerprint density at radius 1 is 0.714 bits per heavy atom. The number of carbonyl (C=O) groups is 2. The molecule has 0 fully saturated rings. The highest BCUT2D eigenvalue weighted by Gasteiger charge is 2.47. The number of hydrogen-bond acceptors (Lipinski definition) is 6. The molecule has 42 heavy (non-hydrogen) atoms. The van der Waals surface area contributed by atoms with Crippen LogP contribution in [-0.4, -0.2) is 16.7 Å². The minimum absolute atomic E-state index is 0.0295. The predicted octanol–water partition coefficient (Wildman–Crippen LogP) is 8.40. The van der Waals surface area contributed by atoms with Gasteiger partial charge in [-0.1, -0.05) is 65.3 Å². The predicted molar refractivity (Wildman–Crippen MR) is 173 cm³/mol. The normalized spacial score (nSPS) is 12.2. The highest BCUT2D eigenvalue weighted by molar-refractivity contribution is 8.52. The number of amides is 2. The maximum atomic E-state index is 11.8. The van der Waals surface area contributed by atoms with Crippen molar-refractivity contribution in [2.24, 2.45) is 0 Å². The van der Waals surface area contributed by atoms with E-state index in [1.807, 2.05) is 0 Å². The average Bonchev–Trinajstić information content (AvgIpc) is 2.87. The van der Waals surface area contributed by atoms with E-state index in [1.54, 1.807) is 36.4 Å². The molecule has 0 atom stereocenters. The molecule has 0 aliphatic rings. The summed E-state index contributed by atoms with van der Waals surface area (Å²) < 4.78 is 0. The number of anilines is 3. The molecule has 0 aliphatic heterocycles. The molecular formula is C28H22Cl4N4O4S2. The summed E-state index contributed by atoms with van der Waals surface area (Å²) in [6.45, 7) is 2.71. The van der Waals surface area contributed by atoms with Crippen LogP contribution in [0.1, 0.15) is 13.8 Å². The number of nitrogens with one attached hydrogen (secondary N) is 2. The number of carbonyl (C=O) groups excluding carboxylic acids is 2. The molecule has 0 saturated heterocycles. The van der Waals surface area contributed by atoms with Crippen molar-refractivity contribution in [2.45, 2.75) is 33.4 Å². The zero-order valence-electron chi connectivity index (χ0n) is 21.9. The van der Waals surface area contributed by atoms with Gasteiger partial charge in [0.05, 0.1) is 25.0 Å². The van der Waals surface area contributed by atoms with E-state index in [2.05, 4.69) is 10.6 Å². The van der Waals surface area contributed by atoms with Crippen molar-refractivity contribution in [1.29, 1.82) is 0 Å². The Kier molecular flexibility index (Phi) is 8.90. The summed E-state index contributed by atoms with van der Waals surface area (Å²) in [6, 6.07) is 18.3. The molecular weight excluding hydrogens is 662 g/mol. The van der Waals surface area contributed by atoms with Gasteiger partial charge in [-0.05, 0) is 60.7 Å². The number of nitrogen functional groups attached to an aromatic ring is 1. The molecule has 2 amide bonds. The molecule has 0 radical (unpaired) electrons. The molecule has 14 heteroatoms. The van der Waals surface area contributed by atoms with E-state index in [1.165, 1.54) is 50.2 Å². The smallest absolute Gasteiger partial charge is 0.270 e. The van der Waals surface area contributed by atoms with Gasteiger partial charge in [-0.15, -0.1) is 0 Å². The van der Waals surface area contributed by atoms with Crippen LogP contribution in [0.15, 0.2) is 92.4 Å². The van der Waals surface area contributed by atoms with Gasteiger partial charge >= 0.3 is 0 Å². The Labute approximate surface area is 265 Å². The fourth-order valence-corrected chi connectivity index (χ4v) is 14.0. The zero-order chi connectivity index (χ0) is 31.0. The van der Waals surface area contributed by atoms with E-state index < -0.39 is 12.6 Å². The van der Waals surface area contributed by atoms with Crippen LogP contribution in [-0.2, 0) is 28.5 Å². The topological polar surface area (TPSA) is 127 Å². The van der Waals surface area contributed by atoms with Gasteiger partial charge in [0.1, 0.15) is 0 Å². The molecule has 218 valence electrons. The van der Waals surface area contributed by atoms with Crippen LogP contribution in [0.3, 0.4) is 0 Å². The number of nitro benzene ring substituents is 1. The molecule has 4 rings (SSSR count). The third-order valence-electron chi connectivity index (χ3n) is 6.27. The molecule has 0 spiro atoms. The van der Waals surface area contributed by atoms with Crippen molar-refractivity contribution in [3.05, 3.63) is 103 Å². The molecule has 4 aromatic rings. The van der Waals surface area contributed by atoms with Crippen molar-refractivity contribution in [3.8, 4) is 0 Å². The van der Waals surface area contributed by atoms with Gasteiger partial charge in [0, 0.05) is 62.6 Å². The van der Waals surface area contributed by atoms with Crippen molar-refractivity contribution >= 4 is 99.9 Å². The lowest BCUT2D eigenvalue weighted by molar-refractivity contribution is -0.384. The highest BCUT2D eigenvalue weighted by atomic mass is 35.5. The molecule has 8 nitrogen and oxygen atoms in total. The van der Waals surface area contributed by atoms with Gasteiger partial charge in [0.2, 0.25) is 11.8 Å². The largest absolute Gasteiger partial charge is 0.399 e. The number of non-ortho nitro benzene ring substituents is 1. The van der Waals surface area contributed by atoms with Gasteiger partial charge in [0.15, 0.2) is 0 Å². The van der Waals surface area contributed by atoms with Gasteiger partial charge in [0.25, 0.3) is 5.69 Å². The van der Waals surface area contributed by atoms with Crippen LogP contribution in [0.2, 0.25) is 20.1 Å². The van der Waals surface area contributed by atoms with E-state index in [9.17, 15) is 19.7 Å². The van der Waals surface area contributed by atoms with E-state index in [-0.39, 0.29) is 42.5 Å². The number of benzene rings is 4. The summed E-state index contributed by atoms with van der Waals surface area (Å²) >= 11 is 34.7. The summed E-state index contributed by atoms with van der Waals surface area (Å²) in [5.41, 5.74) is 6.96. The Morgan fingerprint density at radius 3 is 1.45 bits per heavy atom. The molecule has 0 heterocycles. The number of nitrogens with zero attached hydrogens (tertiary/aromatic N) is 1. The van der Waals surface area contributed by atoms with Gasteiger partial charge in [-0.3, -0.25) is 19.7 Å². The lowest BCUT2D eigenvalue weighted by Crippen LogP contribution is -2.35. The SMILES string of the molecule is CC(=O)Nc1ccc(S(=S)(c2ccc(N)cc2Cl)(c2ccc(NC(C)=O)cc2Cl)c2ccc([N+](=O)[O-])cc2Cl)c(Cl)c1. The Balaban J connectivity index is 2.29. The summed E-state index contributed by atoms with van der Waals surface area (Å²) in [5, 5.41) is 17.4. The van der Waals surface area contributed by atoms with Gasteiger partial charge in [-0.25, -0.2) is 0 Å². The lowest BCUT2D eigenvalue weighted by Gasteiger charge is -2.49. The Bertz CT molecular complexity index is 1800. The second-order valence-electron chi connectivity index (χ2n) is 9.16. The minimum Gasteiger partial charge on any atom is -0.399 e. The van der Waals surface area contributed by atoms with Gasteiger partial charge in [-0.2, -0.15) is 0 Å². The van der Waals surface area contributed by atoms with E-state index >= 15 is 0 Å². The average molecular weight is 684 g/mol. The Hall–Kier alpha value is -3.25. The van der Waals surface area contributed by atoms with E-state index in [4.69, 9.17) is 63.3 Å². The first-order chi connectivity index (χ1) is 19.7. The van der Waals surface area contributed by atoms with Gasteiger partial charge < -0.3 is 16.4 Å².